The Morgan fingerprint density at radius 3 is 2.88 bits per heavy atom. The van der Waals surface area contributed by atoms with Crippen LogP contribution in [0.5, 0.6) is 0 Å². The molecule has 1 aromatic carbocycles. The molecule has 0 bridgehead atoms. The van der Waals surface area contributed by atoms with Crippen LogP contribution < -0.4 is 5.73 Å². The molecule has 2 aliphatic rings. The van der Waals surface area contributed by atoms with Crippen molar-refractivity contribution in [2.75, 3.05) is 0 Å². The number of H-pyrrole nitrogens is 1. The molecule has 0 fully saturated rings. The summed E-state index contributed by atoms with van der Waals surface area (Å²) in [6.07, 6.45) is 4.22. The van der Waals surface area contributed by atoms with Crippen LogP contribution >= 0.6 is 0 Å². The summed E-state index contributed by atoms with van der Waals surface area (Å²) in [7, 11) is -3.79. The number of nitrogens with zero attached hydrogens (tertiary/aromatic N) is 2. The van der Waals surface area contributed by atoms with Gasteiger partial charge in [0.25, 0.3) is 0 Å². The van der Waals surface area contributed by atoms with Gasteiger partial charge in [-0.25, -0.2) is 8.42 Å². The van der Waals surface area contributed by atoms with Crippen LogP contribution in [-0.4, -0.2) is 28.8 Å². The fourth-order valence-electron chi connectivity index (χ4n) is 3.37. The summed E-state index contributed by atoms with van der Waals surface area (Å²) in [5.41, 5.74) is 8.62. The van der Waals surface area contributed by atoms with Crippen molar-refractivity contribution < 1.29 is 13.2 Å². The fraction of sp³-hybridized carbons (Fsp3) is 0.250. The molecule has 1 aromatic heterocycles. The lowest BCUT2D eigenvalue weighted by molar-refractivity contribution is -0.121. The standard InChI is InChI=1S/C16H16N4O3S/c17-16(21)15-13-8-18-19-14(13)9-20(15)24(22,23)12-6-5-10-3-1-2-4-11(10)7-12/h1-4,7-8,15H,5-6,9H2,(H2,17,21)(H,18,19). The molecule has 1 atom stereocenters. The monoisotopic (exact) mass is 344 g/mol. The second kappa shape index (κ2) is 5.29. The molecule has 1 aliphatic carbocycles. The van der Waals surface area contributed by atoms with E-state index in [1.54, 1.807) is 6.08 Å². The normalized spacial score (nSPS) is 20.3. The first-order chi connectivity index (χ1) is 11.5. The molecule has 0 spiro atoms. The second-order valence-electron chi connectivity index (χ2n) is 5.97. The van der Waals surface area contributed by atoms with Crippen LogP contribution in [0.2, 0.25) is 0 Å². The predicted octanol–water partition coefficient (Wildman–Crippen LogP) is 1.07. The molecule has 1 aliphatic heterocycles. The molecule has 1 unspecified atom stereocenters. The number of carbonyl (C=O) groups is 1. The summed E-state index contributed by atoms with van der Waals surface area (Å²) in [6.45, 7) is 0.0737. The van der Waals surface area contributed by atoms with Crippen LogP contribution in [0.25, 0.3) is 6.08 Å². The van der Waals surface area contributed by atoms with Gasteiger partial charge in [0, 0.05) is 5.56 Å². The molecule has 2 heterocycles. The SMILES string of the molecule is NC(=O)C1c2cn[nH]c2CN1S(=O)(=O)C1=Cc2ccccc2CC1. The highest BCUT2D eigenvalue weighted by Gasteiger charge is 2.44. The molecule has 2 aromatic rings. The van der Waals surface area contributed by atoms with Crippen LogP contribution in [0.3, 0.4) is 0 Å². The first kappa shape index (κ1) is 15.1. The van der Waals surface area contributed by atoms with E-state index in [4.69, 9.17) is 5.73 Å². The number of primary amides is 1. The van der Waals surface area contributed by atoms with Crippen molar-refractivity contribution in [2.24, 2.45) is 5.73 Å². The Balaban J connectivity index is 1.75. The van der Waals surface area contributed by atoms with Gasteiger partial charge in [0.15, 0.2) is 0 Å². The van der Waals surface area contributed by atoms with Crippen molar-refractivity contribution in [3.63, 3.8) is 0 Å². The van der Waals surface area contributed by atoms with E-state index in [9.17, 15) is 13.2 Å². The Bertz CT molecular complexity index is 961. The van der Waals surface area contributed by atoms with Crippen LogP contribution in [-0.2, 0) is 27.8 Å². The van der Waals surface area contributed by atoms with Gasteiger partial charge in [-0.05, 0) is 30.0 Å². The number of benzene rings is 1. The van der Waals surface area contributed by atoms with Crippen molar-refractivity contribution in [2.45, 2.75) is 25.4 Å². The largest absolute Gasteiger partial charge is 0.368 e. The smallest absolute Gasteiger partial charge is 0.240 e. The van der Waals surface area contributed by atoms with Crippen molar-refractivity contribution in [1.29, 1.82) is 0 Å². The minimum atomic E-state index is -3.79. The van der Waals surface area contributed by atoms with E-state index < -0.39 is 22.0 Å². The van der Waals surface area contributed by atoms with Crippen molar-refractivity contribution in [3.8, 4) is 0 Å². The van der Waals surface area contributed by atoms with E-state index >= 15 is 0 Å². The summed E-state index contributed by atoms with van der Waals surface area (Å²) < 4.78 is 27.4. The number of fused-ring (bicyclic) bond motifs is 2. The highest BCUT2D eigenvalue weighted by atomic mass is 32.2. The number of hydrogen-bond donors (Lipinski definition) is 2. The van der Waals surface area contributed by atoms with E-state index in [1.165, 1.54) is 6.20 Å². The minimum absolute atomic E-state index is 0.0737. The highest BCUT2D eigenvalue weighted by molar-refractivity contribution is 7.93. The van der Waals surface area contributed by atoms with Crippen molar-refractivity contribution >= 4 is 22.0 Å². The van der Waals surface area contributed by atoms with Gasteiger partial charge in [0.1, 0.15) is 6.04 Å². The van der Waals surface area contributed by atoms with E-state index in [0.29, 0.717) is 29.0 Å². The van der Waals surface area contributed by atoms with Gasteiger partial charge in [-0.15, -0.1) is 0 Å². The lowest BCUT2D eigenvalue weighted by Gasteiger charge is -2.25. The number of hydrogen-bond acceptors (Lipinski definition) is 4. The maximum absolute atomic E-state index is 13.1. The van der Waals surface area contributed by atoms with Crippen LogP contribution in [0.1, 0.15) is 34.8 Å². The van der Waals surface area contributed by atoms with Gasteiger partial charge in [-0.3, -0.25) is 9.89 Å². The van der Waals surface area contributed by atoms with Crippen LogP contribution in [0, 0.1) is 0 Å². The zero-order valence-electron chi connectivity index (χ0n) is 12.8. The van der Waals surface area contributed by atoms with Gasteiger partial charge < -0.3 is 5.73 Å². The number of aryl methyl sites for hydroxylation is 1. The average Bonchev–Trinajstić information content (AvgIpc) is 3.14. The number of nitrogens with two attached hydrogens (primary N) is 1. The maximum atomic E-state index is 13.1. The van der Waals surface area contributed by atoms with E-state index in [-0.39, 0.29) is 6.54 Å². The molecule has 7 nitrogen and oxygen atoms in total. The Labute approximate surface area is 139 Å². The van der Waals surface area contributed by atoms with Crippen molar-refractivity contribution in [1.82, 2.24) is 14.5 Å². The quantitative estimate of drug-likeness (QED) is 0.868. The van der Waals surface area contributed by atoms with Crippen LogP contribution in [0.15, 0.2) is 35.4 Å². The number of aromatic amines is 1. The molecule has 1 amide bonds. The van der Waals surface area contributed by atoms with E-state index in [2.05, 4.69) is 10.2 Å². The average molecular weight is 344 g/mol. The summed E-state index contributed by atoms with van der Waals surface area (Å²) in [4.78, 5) is 12.2. The Morgan fingerprint density at radius 1 is 1.29 bits per heavy atom. The summed E-state index contributed by atoms with van der Waals surface area (Å²) in [5.74, 6) is -0.699. The molecule has 0 radical (unpaired) electrons. The van der Waals surface area contributed by atoms with Gasteiger partial charge >= 0.3 is 0 Å². The molecule has 0 saturated heterocycles. The molecule has 3 N–H and O–H groups in total. The molecule has 0 saturated carbocycles. The first-order valence-electron chi connectivity index (χ1n) is 7.60. The number of carbonyl (C=O) groups excluding carboxylic acids is 1. The van der Waals surface area contributed by atoms with Crippen molar-refractivity contribution in [3.05, 3.63) is 57.8 Å². The number of rotatable bonds is 3. The van der Waals surface area contributed by atoms with Gasteiger partial charge in [-0.1, -0.05) is 24.3 Å². The summed E-state index contributed by atoms with van der Waals surface area (Å²) in [5, 5.41) is 6.61. The lowest BCUT2D eigenvalue weighted by Crippen LogP contribution is -2.38. The number of nitrogens with one attached hydrogen (secondary N) is 1. The van der Waals surface area contributed by atoms with E-state index in [1.807, 2.05) is 24.3 Å². The zero-order valence-corrected chi connectivity index (χ0v) is 13.6. The Hall–Kier alpha value is -2.45. The summed E-state index contributed by atoms with van der Waals surface area (Å²) >= 11 is 0. The minimum Gasteiger partial charge on any atom is -0.368 e. The zero-order chi connectivity index (χ0) is 16.9. The first-order valence-corrected chi connectivity index (χ1v) is 9.04. The predicted molar refractivity (Wildman–Crippen MR) is 87.7 cm³/mol. The molecule has 124 valence electrons. The lowest BCUT2D eigenvalue weighted by atomic mass is 9.98. The topological polar surface area (TPSA) is 109 Å². The third-order valence-electron chi connectivity index (χ3n) is 4.57. The molecule has 8 heteroatoms. The number of allylic oxidation sites excluding steroid dienone is 1. The Kier molecular flexibility index (Phi) is 3.33. The summed E-state index contributed by atoms with van der Waals surface area (Å²) in [6, 6.07) is 6.69. The molecule has 4 rings (SSSR count). The number of sulfonamides is 1. The van der Waals surface area contributed by atoms with Crippen LogP contribution in [0.4, 0.5) is 0 Å². The third kappa shape index (κ3) is 2.18. The second-order valence-corrected chi connectivity index (χ2v) is 7.91. The molecular formula is C16H16N4O3S. The Morgan fingerprint density at radius 2 is 2.08 bits per heavy atom. The van der Waals surface area contributed by atoms with Gasteiger partial charge in [0.05, 0.1) is 23.3 Å². The molecular weight excluding hydrogens is 328 g/mol. The highest BCUT2D eigenvalue weighted by Crippen LogP contribution is 2.38. The third-order valence-corrected chi connectivity index (χ3v) is 6.51. The number of aromatic nitrogens is 2. The fourth-order valence-corrected chi connectivity index (χ4v) is 5.10. The van der Waals surface area contributed by atoms with Gasteiger partial charge in [-0.2, -0.15) is 9.40 Å². The number of amides is 1. The molecule has 24 heavy (non-hydrogen) atoms. The maximum Gasteiger partial charge on any atom is 0.240 e. The van der Waals surface area contributed by atoms with Gasteiger partial charge in [0.2, 0.25) is 15.9 Å². The van der Waals surface area contributed by atoms with E-state index in [0.717, 1.165) is 15.4 Å².